The summed E-state index contributed by atoms with van der Waals surface area (Å²) in [5.74, 6) is 0.0542. The number of aliphatic hydroxyl groups is 1. The van der Waals surface area contributed by atoms with Gasteiger partial charge in [0.1, 0.15) is 12.4 Å². The van der Waals surface area contributed by atoms with Crippen LogP contribution in [0.1, 0.15) is 26.4 Å². The van der Waals surface area contributed by atoms with Crippen molar-refractivity contribution in [1.82, 2.24) is 15.8 Å². The Balaban J connectivity index is 1.44. The van der Waals surface area contributed by atoms with E-state index in [1.54, 1.807) is 42.5 Å². The summed E-state index contributed by atoms with van der Waals surface area (Å²) in [7, 11) is 0. The number of hydrogen-bond donors (Lipinski definition) is 3. The van der Waals surface area contributed by atoms with Crippen LogP contribution in [0.5, 0.6) is 0 Å². The number of carbonyl (C=O) groups excluding carboxylic acids is 2. The van der Waals surface area contributed by atoms with Gasteiger partial charge in [-0.15, -0.1) is 0 Å². The molecule has 0 aliphatic heterocycles. The Morgan fingerprint density at radius 3 is 2.10 bits per heavy atom. The number of fused-ring (bicyclic) bond motifs is 1. The molecule has 1 heterocycles. The molecule has 3 N–H and O–H groups in total. The average Bonchev–Trinajstić information content (AvgIpc) is 3.26. The van der Waals surface area contributed by atoms with Crippen molar-refractivity contribution in [2.75, 3.05) is 6.73 Å². The summed E-state index contributed by atoms with van der Waals surface area (Å²) in [6.07, 6.45) is 0. The first-order valence-electron chi connectivity index (χ1n) is 9.36. The zero-order valence-electron chi connectivity index (χ0n) is 16.0. The molecule has 2 amide bonds. The molecule has 4 rings (SSSR count). The predicted octanol–water partition coefficient (Wildman–Crippen LogP) is 3.10. The molecule has 0 bridgehead atoms. The van der Waals surface area contributed by atoms with Gasteiger partial charge < -0.3 is 20.3 Å². The summed E-state index contributed by atoms with van der Waals surface area (Å²) in [5, 5.41) is 19.6. The molecular formula is C23H19N3O4. The summed E-state index contributed by atoms with van der Waals surface area (Å²) in [5.41, 5.74) is 2.49. The molecule has 30 heavy (non-hydrogen) atoms. The lowest BCUT2D eigenvalue weighted by Gasteiger charge is -2.07. The SMILES string of the molecule is O=C(NCO)c1ccc2cc(C(=O)NCc3cc(-c4ccccc4)on3)ccc2c1. The number of amides is 2. The van der Waals surface area contributed by atoms with Crippen molar-refractivity contribution in [2.24, 2.45) is 0 Å². The monoisotopic (exact) mass is 401 g/mol. The lowest BCUT2D eigenvalue weighted by Crippen LogP contribution is -2.24. The second-order valence-electron chi connectivity index (χ2n) is 6.67. The number of hydrogen-bond acceptors (Lipinski definition) is 5. The van der Waals surface area contributed by atoms with Crippen molar-refractivity contribution in [3.8, 4) is 11.3 Å². The first-order chi connectivity index (χ1) is 14.6. The van der Waals surface area contributed by atoms with E-state index in [1.165, 1.54) is 0 Å². The smallest absolute Gasteiger partial charge is 0.253 e. The summed E-state index contributed by atoms with van der Waals surface area (Å²) >= 11 is 0. The molecule has 0 radical (unpaired) electrons. The van der Waals surface area contributed by atoms with Gasteiger partial charge in [-0.25, -0.2) is 0 Å². The van der Waals surface area contributed by atoms with Crippen molar-refractivity contribution in [3.63, 3.8) is 0 Å². The first-order valence-corrected chi connectivity index (χ1v) is 9.36. The van der Waals surface area contributed by atoms with Crippen molar-refractivity contribution in [2.45, 2.75) is 6.54 Å². The zero-order valence-corrected chi connectivity index (χ0v) is 16.0. The molecule has 0 aliphatic rings. The number of nitrogens with one attached hydrogen (secondary N) is 2. The third-order valence-corrected chi connectivity index (χ3v) is 4.65. The van der Waals surface area contributed by atoms with Gasteiger partial charge in [-0.1, -0.05) is 47.6 Å². The Bertz CT molecular complexity index is 1200. The van der Waals surface area contributed by atoms with Crippen LogP contribution in [-0.4, -0.2) is 28.8 Å². The van der Waals surface area contributed by atoms with Gasteiger partial charge in [-0.05, 0) is 35.0 Å². The lowest BCUT2D eigenvalue weighted by atomic mass is 10.0. The Labute approximate surface area is 172 Å². The van der Waals surface area contributed by atoms with Crippen LogP contribution < -0.4 is 10.6 Å². The summed E-state index contributed by atoms with van der Waals surface area (Å²) in [4.78, 5) is 24.4. The third-order valence-electron chi connectivity index (χ3n) is 4.65. The van der Waals surface area contributed by atoms with E-state index in [1.807, 2.05) is 30.3 Å². The molecule has 0 atom stereocenters. The minimum absolute atomic E-state index is 0.233. The van der Waals surface area contributed by atoms with Crippen molar-refractivity contribution < 1.29 is 19.2 Å². The van der Waals surface area contributed by atoms with E-state index in [0.717, 1.165) is 16.3 Å². The molecule has 0 spiro atoms. The minimum atomic E-state index is -0.422. The highest BCUT2D eigenvalue weighted by Crippen LogP contribution is 2.20. The number of carbonyl (C=O) groups is 2. The van der Waals surface area contributed by atoms with Crippen LogP contribution in [0, 0.1) is 0 Å². The van der Waals surface area contributed by atoms with E-state index in [2.05, 4.69) is 15.8 Å². The maximum Gasteiger partial charge on any atom is 0.253 e. The minimum Gasteiger partial charge on any atom is -0.376 e. The van der Waals surface area contributed by atoms with E-state index in [0.29, 0.717) is 22.6 Å². The fraction of sp³-hybridized carbons (Fsp3) is 0.0870. The van der Waals surface area contributed by atoms with Crippen LogP contribution in [-0.2, 0) is 6.54 Å². The number of aromatic nitrogens is 1. The van der Waals surface area contributed by atoms with E-state index in [4.69, 9.17) is 9.63 Å². The first kappa shape index (κ1) is 19.4. The van der Waals surface area contributed by atoms with Crippen LogP contribution in [0.3, 0.4) is 0 Å². The molecule has 0 unspecified atom stereocenters. The quantitative estimate of drug-likeness (QED) is 0.431. The van der Waals surface area contributed by atoms with Crippen LogP contribution >= 0.6 is 0 Å². The Hall–Kier alpha value is -3.97. The van der Waals surface area contributed by atoms with Gasteiger partial charge in [0.25, 0.3) is 11.8 Å². The molecule has 3 aromatic carbocycles. The van der Waals surface area contributed by atoms with Crippen molar-refractivity contribution in [3.05, 3.63) is 89.6 Å². The predicted molar refractivity (Wildman–Crippen MR) is 112 cm³/mol. The summed E-state index contributed by atoms with van der Waals surface area (Å²) in [6.45, 7) is -0.179. The highest BCUT2D eigenvalue weighted by Gasteiger charge is 2.11. The maximum atomic E-state index is 12.5. The molecule has 1 aromatic heterocycles. The summed E-state index contributed by atoms with van der Waals surface area (Å²) in [6, 6.07) is 21.8. The Morgan fingerprint density at radius 2 is 1.47 bits per heavy atom. The Morgan fingerprint density at radius 1 is 0.833 bits per heavy atom. The normalized spacial score (nSPS) is 10.7. The second-order valence-corrected chi connectivity index (χ2v) is 6.67. The molecule has 7 nitrogen and oxygen atoms in total. The number of benzene rings is 3. The van der Waals surface area contributed by atoms with Gasteiger partial charge in [0.15, 0.2) is 5.76 Å². The highest BCUT2D eigenvalue weighted by molar-refractivity contribution is 6.01. The van der Waals surface area contributed by atoms with Gasteiger partial charge >= 0.3 is 0 Å². The standard InChI is InChI=1S/C23H19N3O4/c27-14-25-23(29)19-9-7-16-10-18(8-6-17(16)11-19)22(28)24-13-20-12-21(30-26-20)15-4-2-1-3-5-15/h1-12,27H,13-14H2,(H,24,28)(H,25,29). The van der Waals surface area contributed by atoms with Gasteiger partial charge in [-0.2, -0.15) is 0 Å². The van der Waals surface area contributed by atoms with Crippen molar-refractivity contribution >= 4 is 22.6 Å². The molecule has 0 saturated carbocycles. The fourth-order valence-corrected chi connectivity index (χ4v) is 3.11. The van der Waals surface area contributed by atoms with Crippen LogP contribution in [0.2, 0.25) is 0 Å². The van der Waals surface area contributed by atoms with Gasteiger partial charge in [0.2, 0.25) is 0 Å². The fourth-order valence-electron chi connectivity index (χ4n) is 3.11. The number of rotatable bonds is 6. The largest absolute Gasteiger partial charge is 0.376 e. The van der Waals surface area contributed by atoms with Crippen LogP contribution in [0.25, 0.3) is 22.1 Å². The van der Waals surface area contributed by atoms with E-state index in [9.17, 15) is 9.59 Å². The number of nitrogens with zero attached hydrogens (tertiary/aromatic N) is 1. The van der Waals surface area contributed by atoms with E-state index < -0.39 is 6.73 Å². The Kier molecular flexibility index (Phi) is 5.54. The third kappa shape index (κ3) is 4.21. The van der Waals surface area contributed by atoms with E-state index >= 15 is 0 Å². The molecular weight excluding hydrogens is 382 g/mol. The van der Waals surface area contributed by atoms with Gasteiger partial charge in [-0.3, -0.25) is 9.59 Å². The highest BCUT2D eigenvalue weighted by atomic mass is 16.5. The van der Waals surface area contributed by atoms with Crippen molar-refractivity contribution in [1.29, 1.82) is 0 Å². The molecule has 4 aromatic rings. The van der Waals surface area contributed by atoms with E-state index in [-0.39, 0.29) is 18.4 Å². The number of aliphatic hydroxyl groups excluding tert-OH is 1. The lowest BCUT2D eigenvalue weighted by molar-refractivity contribution is 0.0908. The maximum absolute atomic E-state index is 12.5. The zero-order chi connectivity index (χ0) is 20.9. The van der Waals surface area contributed by atoms with Gasteiger partial charge in [0.05, 0.1) is 6.54 Å². The summed E-state index contributed by atoms with van der Waals surface area (Å²) < 4.78 is 5.34. The molecule has 150 valence electrons. The average molecular weight is 401 g/mol. The van der Waals surface area contributed by atoms with Crippen LogP contribution in [0.15, 0.2) is 77.3 Å². The topological polar surface area (TPSA) is 104 Å². The molecule has 0 aliphatic carbocycles. The molecule has 0 fully saturated rings. The second kappa shape index (κ2) is 8.59. The van der Waals surface area contributed by atoms with Gasteiger partial charge in [0, 0.05) is 22.8 Å². The molecule has 0 saturated heterocycles. The van der Waals surface area contributed by atoms with Crippen LogP contribution in [0.4, 0.5) is 0 Å². The molecule has 7 heteroatoms.